The van der Waals surface area contributed by atoms with Gasteiger partial charge in [-0.2, -0.15) is 11.8 Å². The molecule has 0 aliphatic rings. The van der Waals surface area contributed by atoms with E-state index in [1.807, 2.05) is 12.1 Å². The summed E-state index contributed by atoms with van der Waals surface area (Å²) >= 11 is 7.52. The average Bonchev–Trinajstić information content (AvgIpc) is 2.05. The largest absolute Gasteiger partial charge is 0.258 e. The Balaban J connectivity index is 2.96. The van der Waals surface area contributed by atoms with E-state index in [0.717, 1.165) is 5.69 Å². The molecule has 0 saturated carbocycles. The second kappa shape index (κ2) is 3.67. The Kier molecular flexibility index (Phi) is 3.02. The van der Waals surface area contributed by atoms with E-state index in [2.05, 4.69) is 25.1 Å². The summed E-state index contributed by atoms with van der Waals surface area (Å²) in [6.07, 6.45) is 3.77. The minimum atomic E-state index is 0.0740. The van der Waals surface area contributed by atoms with Gasteiger partial charge in [0, 0.05) is 6.20 Å². The van der Waals surface area contributed by atoms with Crippen molar-refractivity contribution < 1.29 is 0 Å². The second-order valence-corrected chi connectivity index (χ2v) is 4.94. The molecule has 0 radical (unpaired) electrons. The second-order valence-electron chi connectivity index (χ2n) is 3.08. The molecule has 66 valence electrons. The molecule has 0 bridgehead atoms. The van der Waals surface area contributed by atoms with Crippen LogP contribution in [0.15, 0.2) is 18.3 Å². The SMILES string of the molecule is CSC(C)(C)c1ccc(Cl)cn1. The summed E-state index contributed by atoms with van der Waals surface area (Å²) in [6, 6.07) is 3.85. The van der Waals surface area contributed by atoms with E-state index < -0.39 is 0 Å². The Morgan fingerprint density at radius 1 is 1.42 bits per heavy atom. The lowest BCUT2D eigenvalue weighted by Crippen LogP contribution is -2.12. The molecule has 1 heterocycles. The van der Waals surface area contributed by atoms with Gasteiger partial charge in [-0.05, 0) is 32.2 Å². The molecule has 0 amide bonds. The Labute approximate surface area is 82.5 Å². The molecule has 12 heavy (non-hydrogen) atoms. The van der Waals surface area contributed by atoms with Gasteiger partial charge in [-0.25, -0.2) is 0 Å². The first-order valence-electron chi connectivity index (χ1n) is 3.73. The van der Waals surface area contributed by atoms with Crippen LogP contribution in [0.1, 0.15) is 19.5 Å². The quantitative estimate of drug-likeness (QED) is 0.728. The fraction of sp³-hybridized carbons (Fsp3) is 0.444. The first-order chi connectivity index (χ1) is 5.56. The van der Waals surface area contributed by atoms with Crippen LogP contribution in [0.3, 0.4) is 0 Å². The lowest BCUT2D eigenvalue weighted by Gasteiger charge is -2.20. The summed E-state index contributed by atoms with van der Waals surface area (Å²) in [5.41, 5.74) is 1.07. The summed E-state index contributed by atoms with van der Waals surface area (Å²) in [7, 11) is 0. The zero-order chi connectivity index (χ0) is 9.19. The standard InChI is InChI=1S/C9H12ClNS/c1-9(2,12-3)8-5-4-7(10)6-11-8/h4-6H,1-3H3. The topological polar surface area (TPSA) is 12.9 Å². The summed E-state index contributed by atoms with van der Waals surface area (Å²) in [6.45, 7) is 4.29. The molecule has 0 fully saturated rings. The minimum absolute atomic E-state index is 0.0740. The predicted octanol–water partition coefficient (Wildman–Crippen LogP) is 3.33. The highest BCUT2D eigenvalue weighted by Gasteiger charge is 2.19. The van der Waals surface area contributed by atoms with Gasteiger partial charge in [0.1, 0.15) is 0 Å². The van der Waals surface area contributed by atoms with Gasteiger partial charge in [-0.3, -0.25) is 4.98 Å². The molecule has 1 rings (SSSR count). The number of aromatic nitrogens is 1. The van der Waals surface area contributed by atoms with Crippen molar-refractivity contribution in [2.75, 3.05) is 6.26 Å². The summed E-state index contributed by atoms with van der Waals surface area (Å²) in [4.78, 5) is 4.27. The normalized spacial score (nSPS) is 11.7. The summed E-state index contributed by atoms with van der Waals surface area (Å²) in [5, 5.41) is 0.690. The number of halogens is 1. The smallest absolute Gasteiger partial charge is 0.0589 e. The van der Waals surface area contributed by atoms with E-state index in [-0.39, 0.29) is 4.75 Å². The number of hydrogen-bond acceptors (Lipinski definition) is 2. The number of nitrogens with zero attached hydrogens (tertiary/aromatic N) is 1. The molecule has 1 nitrogen and oxygen atoms in total. The van der Waals surface area contributed by atoms with Crippen LogP contribution in [0.2, 0.25) is 5.02 Å². The van der Waals surface area contributed by atoms with E-state index in [9.17, 15) is 0 Å². The summed E-state index contributed by atoms with van der Waals surface area (Å²) < 4.78 is 0.0740. The molecular formula is C9H12ClNS. The van der Waals surface area contributed by atoms with Crippen molar-refractivity contribution in [2.45, 2.75) is 18.6 Å². The molecule has 0 aliphatic heterocycles. The third kappa shape index (κ3) is 2.14. The van der Waals surface area contributed by atoms with Crippen molar-refractivity contribution in [1.29, 1.82) is 0 Å². The lowest BCUT2D eigenvalue weighted by atomic mass is 10.1. The fourth-order valence-corrected chi connectivity index (χ4v) is 1.28. The van der Waals surface area contributed by atoms with Crippen molar-refractivity contribution in [1.82, 2.24) is 4.98 Å². The fourth-order valence-electron chi connectivity index (χ4n) is 0.837. The van der Waals surface area contributed by atoms with E-state index in [1.165, 1.54) is 0 Å². The van der Waals surface area contributed by atoms with E-state index in [0.29, 0.717) is 5.02 Å². The first kappa shape index (κ1) is 9.87. The lowest BCUT2D eigenvalue weighted by molar-refractivity contribution is 0.749. The average molecular weight is 202 g/mol. The number of hydrogen-bond donors (Lipinski definition) is 0. The van der Waals surface area contributed by atoms with Crippen LogP contribution in [0.4, 0.5) is 0 Å². The van der Waals surface area contributed by atoms with Gasteiger partial charge >= 0.3 is 0 Å². The molecule has 0 saturated heterocycles. The maximum atomic E-state index is 5.74. The zero-order valence-electron chi connectivity index (χ0n) is 7.47. The van der Waals surface area contributed by atoms with Crippen LogP contribution in [-0.4, -0.2) is 11.2 Å². The van der Waals surface area contributed by atoms with Gasteiger partial charge in [0.05, 0.1) is 15.5 Å². The maximum Gasteiger partial charge on any atom is 0.0589 e. The predicted molar refractivity (Wildman–Crippen MR) is 55.8 cm³/mol. The molecule has 0 spiro atoms. The Morgan fingerprint density at radius 3 is 2.50 bits per heavy atom. The molecule has 0 N–H and O–H groups in total. The van der Waals surface area contributed by atoms with Crippen molar-refractivity contribution >= 4 is 23.4 Å². The van der Waals surface area contributed by atoms with Crippen LogP contribution in [-0.2, 0) is 4.75 Å². The van der Waals surface area contributed by atoms with Gasteiger partial charge in [-0.1, -0.05) is 11.6 Å². The van der Waals surface area contributed by atoms with E-state index >= 15 is 0 Å². The van der Waals surface area contributed by atoms with Crippen LogP contribution in [0.5, 0.6) is 0 Å². The van der Waals surface area contributed by atoms with Crippen LogP contribution in [0, 0.1) is 0 Å². The molecule has 0 aliphatic carbocycles. The Morgan fingerprint density at radius 2 is 2.08 bits per heavy atom. The van der Waals surface area contributed by atoms with Crippen molar-refractivity contribution in [3.8, 4) is 0 Å². The third-order valence-electron chi connectivity index (χ3n) is 1.85. The highest BCUT2D eigenvalue weighted by Crippen LogP contribution is 2.32. The highest BCUT2D eigenvalue weighted by molar-refractivity contribution is 7.99. The molecule has 1 aromatic rings. The molecule has 1 aromatic heterocycles. The first-order valence-corrected chi connectivity index (χ1v) is 5.34. The van der Waals surface area contributed by atoms with Crippen LogP contribution >= 0.6 is 23.4 Å². The van der Waals surface area contributed by atoms with Gasteiger partial charge < -0.3 is 0 Å². The number of thioether (sulfide) groups is 1. The monoisotopic (exact) mass is 201 g/mol. The van der Waals surface area contributed by atoms with Gasteiger partial charge in [0.2, 0.25) is 0 Å². The summed E-state index contributed by atoms with van der Waals surface area (Å²) in [5.74, 6) is 0. The molecule has 0 atom stereocenters. The van der Waals surface area contributed by atoms with Crippen LogP contribution in [0.25, 0.3) is 0 Å². The zero-order valence-corrected chi connectivity index (χ0v) is 9.04. The molecule has 0 unspecified atom stereocenters. The van der Waals surface area contributed by atoms with Gasteiger partial charge in [0.15, 0.2) is 0 Å². The number of pyridine rings is 1. The highest BCUT2D eigenvalue weighted by atomic mass is 35.5. The van der Waals surface area contributed by atoms with Crippen molar-refractivity contribution in [3.05, 3.63) is 29.0 Å². The minimum Gasteiger partial charge on any atom is -0.258 e. The van der Waals surface area contributed by atoms with Crippen LogP contribution < -0.4 is 0 Å². The van der Waals surface area contributed by atoms with E-state index in [4.69, 9.17) is 11.6 Å². The third-order valence-corrected chi connectivity index (χ3v) is 3.31. The van der Waals surface area contributed by atoms with Gasteiger partial charge in [0.25, 0.3) is 0 Å². The molecule has 3 heteroatoms. The molecule has 0 aromatic carbocycles. The van der Waals surface area contributed by atoms with E-state index in [1.54, 1.807) is 18.0 Å². The molecular weight excluding hydrogens is 190 g/mol. The van der Waals surface area contributed by atoms with Crippen molar-refractivity contribution in [3.63, 3.8) is 0 Å². The maximum absolute atomic E-state index is 5.74. The van der Waals surface area contributed by atoms with Crippen molar-refractivity contribution in [2.24, 2.45) is 0 Å². The Hall–Kier alpha value is -0.210. The Bertz CT molecular complexity index is 256. The van der Waals surface area contributed by atoms with Gasteiger partial charge in [-0.15, -0.1) is 0 Å². The number of rotatable bonds is 2.